The normalized spacial score (nSPS) is 10.8. The Balaban J connectivity index is 2.92. The quantitative estimate of drug-likeness (QED) is 0.574. The molecule has 0 aliphatic rings. The highest BCUT2D eigenvalue weighted by Crippen LogP contribution is 2.10. The van der Waals surface area contributed by atoms with Crippen LogP contribution in [-0.2, 0) is 0 Å². The number of aromatic nitrogens is 2. The molecule has 46 valence electrons. The number of aryl methyl sites for hydroxylation is 1. The van der Waals surface area contributed by atoms with Gasteiger partial charge in [-0.1, -0.05) is 0 Å². The number of aromatic amines is 1. The van der Waals surface area contributed by atoms with Crippen molar-refractivity contribution in [2.75, 3.05) is 0 Å². The Bertz CT molecular complexity index is 292. The van der Waals surface area contributed by atoms with Crippen LogP contribution in [0, 0.1) is 6.92 Å². The first-order valence-corrected chi connectivity index (χ1v) is 2.75. The molecule has 0 aliphatic carbocycles. The fourth-order valence-corrected chi connectivity index (χ4v) is 0.871. The minimum Gasteiger partial charge on any atom is -0.427 e. The van der Waals surface area contributed by atoms with Crippen LogP contribution in [0.5, 0.6) is 0 Å². The summed E-state index contributed by atoms with van der Waals surface area (Å²) in [7, 11) is 0. The van der Waals surface area contributed by atoms with E-state index in [0.29, 0.717) is 0 Å². The van der Waals surface area contributed by atoms with Gasteiger partial charge in [0.15, 0.2) is 6.39 Å². The molecule has 0 unspecified atom stereocenters. The van der Waals surface area contributed by atoms with Crippen LogP contribution in [-0.4, -0.2) is 9.97 Å². The lowest BCUT2D eigenvalue weighted by atomic mass is 10.5. The molecule has 0 amide bonds. The third-order valence-electron chi connectivity index (χ3n) is 1.26. The average molecular weight is 122 g/mol. The summed E-state index contributed by atoms with van der Waals surface area (Å²) >= 11 is 0. The molecule has 0 saturated heterocycles. The second kappa shape index (κ2) is 1.37. The molecule has 9 heavy (non-hydrogen) atoms. The van der Waals surface area contributed by atoms with E-state index in [4.69, 9.17) is 4.42 Å². The van der Waals surface area contributed by atoms with Crippen LogP contribution in [0.2, 0.25) is 0 Å². The van der Waals surface area contributed by atoms with Gasteiger partial charge in [0.2, 0.25) is 5.71 Å². The number of hydrogen-bond acceptors (Lipinski definition) is 2. The van der Waals surface area contributed by atoms with Crippen LogP contribution < -0.4 is 0 Å². The number of nitrogens with one attached hydrogen (secondary N) is 1. The van der Waals surface area contributed by atoms with Crippen molar-refractivity contribution < 1.29 is 4.42 Å². The van der Waals surface area contributed by atoms with Crippen LogP contribution >= 0.6 is 0 Å². The molecule has 2 aromatic heterocycles. The Labute approximate surface area is 51.7 Å². The Morgan fingerprint density at radius 2 is 2.56 bits per heavy atom. The highest BCUT2D eigenvalue weighted by atomic mass is 16.3. The predicted octanol–water partition coefficient (Wildman–Crippen LogP) is 1.46. The van der Waals surface area contributed by atoms with Gasteiger partial charge in [-0.3, -0.25) is 0 Å². The maximum absolute atomic E-state index is 4.97. The van der Waals surface area contributed by atoms with Crippen molar-refractivity contribution >= 4 is 11.2 Å². The molecule has 3 nitrogen and oxygen atoms in total. The Kier molecular flexibility index (Phi) is 0.704. The molecule has 1 N–H and O–H groups in total. The van der Waals surface area contributed by atoms with Gasteiger partial charge in [-0.2, -0.15) is 0 Å². The summed E-state index contributed by atoms with van der Waals surface area (Å²) < 4.78 is 4.97. The molecule has 2 heterocycles. The Morgan fingerprint density at radius 3 is 3.33 bits per heavy atom. The number of oxazole rings is 1. The van der Waals surface area contributed by atoms with Gasteiger partial charge in [-0.05, 0) is 13.0 Å². The fraction of sp³-hybridized carbons (Fsp3) is 0.167. The highest BCUT2D eigenvalue weighted by molar-refractivity contribution is 5.69. The minimum absolute atomic E-state index is 0.757. The fourth-order valence-electron chi connectivity index (χ4n) is 0.871. The first kappa shape index (κ1) is 4.61. The molecular formula is C6H6N2O. The zero-order valence-electron chi connectivity index (χ0n) is 5.01. The summed E-state index contributed by atoms with van der Waals surface area (Å²) in [5.41, 5.74) is 2.73. The Morgan fingerprint density at radius 1 is 1.67 bits per heavy atom. The number of nitrogens with zero attached hydrogens (tertiary/aromatic N) is 1. The summed E-state index contributed by atoms with van der Waals surface area (Å²) in [6, 6.07) is 1.94. The van der Waals surface area contributed by atoms with Crippen molar-refractivity contribution in [2.45, 2.75) is 6.92 Å². The molecular weight excluding hydrogens is 116 g/mol. The van der Waals surface area contributed by atoms with Crippen LogP contribution in [0.25, 0.3) is 11.2 Å². The minimum atomic E-state index is 0.757. The monoisotopic (exact) mass is 122 g/mol. The summed E-state index contributed by atoms with van der Waals surface area (Å²) in [6.45, 7) is 1.97. The van der Waals surface area contributed by atoms with Crippen LogP contribution in [0.15, 0.2) is 16.9 Å². The SMILES string of the molecule is Cc1cc2ncoc2[nH]1. The maximum Gasteiger partial charge on any atom is 0.225 e. The molecule has 0 aliphatic heterocycles. The van der Waals surface area contributed by atoms with Crippen molar-refractivity contribution in [1.82, 2.24) is 9.97 Å². The average Bonchev–Trinajstić information content (AvgIpc) is 2.22. The topological polar surface area (TPSA) is 41.8 Å². The van der Waals surface area contributed by atoms with Gasteiger partial charge in [0.1, 0.15) is 5.52 Å². The molecule has 3 heteroatoms. The van der Waals surface area contributed by atoms with E-state index in [9.17, 15) is 0 Å². The summed E-state index contributed by atoms with van der Waals surface area (Å²) in [5, 5.41) is 0. The van der Waals surface area contributed by atoms with E-state index in [0.717, 1.165) is 16.9 Å². The van der Waals surface area contributed by atoms with Gasteiger partial charge in [0.25, 0.3) is 0 Å². The molecule has 0 spiro atoms. The van der Waals surface area contributed by atoms with Gasteiger partial charge in [-0.25, -0.2) is 4.98 Å². The first-order valence-electron chi connectivity index (χ1n) is 2.75. The lowest BCUT2D eigenvalue weighted by Gasteiger charge is -1.74. The standard InChI is InChI=1S/C6H6N2O/c1-4-2-5-6(8-4)9-3-7-5/h2-3,8H,1H3. The maximum atomic E-state index is 4.97. The highest BCUT2D eigenvalue weighted by Gasteiger charge is 1.98. The molecule has 0 atom stereocenters. The molecule has 2 aromatic rings. The lowest BCUT2D eigenvalue weighted by molar-refractivity contribution is 0.590. The molecule has 0 radical (unpaired) electrons. The van der Waals surface area contributed by atoms with E-state index in [1.165, 1.54) is 6.39 Å². The van der Waals surface area contributed by atoms with Gasteiger partial charge in [-0.15, -0.1) is 0 Å². The zero-order valence-corrected chi connectivity index (χ0v) is 5.01. The zero-order chi connectivity index (χ0) is 6.27. The molecule has 0 bridgehead atoms. The third-order valence-corrected chi connectivity index (χ3v) is 1.26. The Hall–Kier alpha value is -1.25. The number of rotatable bonds is 0. The van der Waals surface area contributed by atoms with Crippen molar-refractivity contribution in [2.24, 2.45) is 0 Å². The van der Waals surface area contributed by atoms with Crippen LogP contribution in [0.4, 0.5) is 0 Å². The van der Waals surface area contributed by atoms with Crippen LogP contribution in [0.3, 0.4) is 0 Å². The van der Waals surface area contributed by atoms with Gasteiger partial charge >= 0.3 is 0 Å². The van der Waals surface area contributed by atoms with Gasteiger partial charge in [0.05, 0.1) is 0 Å². The second-order valence-electron chi connectivity index (χ2n) is 2.02. The number of hydrogen-bond donors (Lipinski definition) is 1. The first-order chi connectivity index (χ1) is 4.36. The van der Waals surface area contributed by atoms with E-state index in [1.807, 2.05) is 13.0 Å². The lowest BCUT2D eigenvalue weighted by Crippen LogP contribution is -1.63. The molecule has 0 aromatic carbocycles. The van der Waals surface area contributed by atoms with E-state index in [-0.39, 0.29) is 0 Å². The number of fused-ring (bicyclic) bond motifs is 1. The van der Waals surface area contributed by atoms with Gasteiger partial charge in [0, 0.05) is 5.69 Å². The van der Waals surface area contributed by atoms with E-state index >= 15 is 0 Å². The molecule has 2 rings (SSSR count). The van der Waals surface area contributed by atoms with Crippen molar-refractivity contribution in [3.8, 4) is 0 Å². The largest absolute Gasteiger partial charge is 0.427 e. The number of H-pyrrole nitrogens is 1. The third kappa shape index (κ3) is 0.543. The summed E-state index contributed by atoms with van der Waals surface area (Å²) in [6.07, 6.45) is 1.43. The van der Waals surface area contributed by atoms with Crippen molar-refractivity contribution in [1.29, 1.82) is 0 Å². The van der Waals surface area contributed by atoms with Crippen molar-refractivity contribution in [3.63, 3.8) is 0 Å². The van der Waals surface area contributed by atoms with E-state index < -0.39 is 0 Å². The van der Waals surface area contributed by atoms with E-state index in [1.54, 1.807) is 0 Å². The van der Waals surface area contributed by atoms with Crippen LogP contribution in [0.1, 0.15) is 5.69 Å². The van der Waals surface area contributed by atoms with Gasteiger partial charge < -0.3 is 9.40 Å². The summed E-state index contributed by atoms with van der Waals surface area (Å²) in [4.78, 5) is 6.95. The van der Waals surface area contributed by atoms with E-state index in [2.05, 4.69) is 9.97 Å². The van der Waals surface area contributed by atoms with Crippen molar-refractivity contribution in [3.05, 3.63) is 18.2 Å². The summed E-state index contributed by atoms with van der Waals surface area (Å²) in [5.74, 6) is 0. The molecule has 0 fully saturated rings. The smallest absolute Gasteiger partial charge is 0.225 e. The predicted molar refractivity (Wildman–Crippen MR) is 33.1 cm³/mol. The second-order valence-corrected chi connectivity index (χ2v) is 2.02. The molecule has 0 saturated carbocycles.